The Bertz CT molecular complexity index is 847. The molecule has 4 rings (SSSR count). The Hall–Kier alpha value is -1.14. The van der Waals surface area contributed by atoms with E-state index in [2.05, 4.69) is 16.8 Å². The Labute approximate surface area is 175 Å². The minimum Gasteiger partial charge on any atom is -0.550 e. The van der Waals surface area contributed by atoms with Crippen molar-refractivity contribution >= 4 is 22.7 Å². The quantitative estimate of drug-likeness (QED) is 0.669. The third-order valence-electron chi connectivity index (χ3n) is 6.29. The van der Waals surface area contributed by atoms with Crippen LogP contribution in [-0.2, 0) is 11.2 Å². The van der Waals surface area contributed by atoms with Crippen LogP contribution < -0.4 is 34.7 Å². The zero-order valence-corrected chi connectivity index (χ0v) is 17.6. The van der Waals surface area contributed by atoms with Crippen LogP contribution in [-0.4, -0.2) is 41.3 Å². The fourth-order valence-corrected chi connectivity index (χ4v) is 5.01. The number of Topliss-reactive ketones (excluding diaryl/α,β-unsaturated/α-hetero) is 1. The molecule has 132 valence electrons. The summed E-state index contributed by atoms with van der Waals surface area (Å²) < 4.78 is 0. The first-order chi connectivity index (χ1) is 12.0. The number of aromatic nitrogens is 1. The van der Waals surface area contributed by atoms with Gasteiger partial charge in [-0.2, -0.15) is 0 Å². The number of hydrogen-bond donors (Lipinski definition) is 1. The van der Waals surface area contributed by atoms with Crippen LogP contribution in [0.3, 0.4) is 0 Å². The Morgan fingerprint density at radius 3 is 2.73 bits per heavy atom. The molecule has 0 spiro atoms. The smallest absolute Gasteiger partial charge is 0.550 e. The van der Waals surface area contributed by atoms with Gasteiger partial charge in [0, 0.05) is 41.8 Å². The van der Waals surface area contributed by atoms with Gasteiger partial charge in [0.05, 0.1) is 5.69 Å². The minimum atomic E-state index is -1.02. The van der Waals surface area contributed by atoms with Crippen LogP contribution in [0.15, 0.2) is 24.3 Å². The third-order valence-corrected chi connectivity index (χ3v) is 6.29. The van der Waals surface area contributed by atoms with Gasteiger partial charge < -0.3 is 19.8 Å². The number of hydrogen-bond acceptors (Lipinski definition) is 4. The van der Waals surface area contributed by atoms with E-state index in [-0.39, 0.29) is 59.6 Å². The van der Waals surface area contributed by atoms with Gasteiger partial charge in [-0.15, -0.1) is 0 Å². The number of likely N-dealkylation sites (N-methyl/N-ethyl adjacent to an activating group) is 1. The molecule has 0 saturated carbocycles. The van der Waals surface area contributed by atoms with Crippen molar-refractivity contribution < 1.29 is 44.3 Å². The monoisotopic (exact) mass is 362 g/mol. The van der Waals surface area contributed by atoms with Gasteiger partial charge >= 0.3 is 29.6 Å². The molecule has 2 heterocycles. The number of piperidine rings is 1. The van der Waals surface area contributed by atoms with Crippen molar-refractivity contribution in [3.8, 4) is 0 Å². The number of rotatable bonds is 2. The molecule has 0 amide bonds. The molecule has 2 bridgehead atoms. The van der Waals surface area contributed by atoms with Crippen LogP contribution in [0, 0.1) is 17.8 Å². The number of aliphatic carboxylic acids is 1. The number of benzene rings is 1. The number of para-hydroxylation sites is 1. The number of likely N-dealkylation sites (tertiary alicyclic amines) is 1. The summed E-state index contributed by atoms with van der Waals surface area (Å²) in [6.07, 6.45) is 1.72. The van der Waals surface area contributed by atoms with E-state index in [4.69, 9.17) is 0 Å². The predicted octanol–water partition coefficient (Wildman–Crippen LogP) is -1.38. The summed E-state index contributed by atoms with van der Waals surface area (Å²) in [5, 5.41) is 13.0. The summed E-state index contributed by atoms with van der Waals surface area (Å²) in [4.78, 5) is 30.4. The number of carbonyl (C=O) groups excluding carboxylic acids is 2. The van der Waals surface area contributed by atoms with E-state index in [1.807, 2.05) is 31.3 Å². The number of aromatic amines is 1. The van der Waals surface area contributed by atoms with Gasteiger partial charge in [-0.25, -0.2) is 0 Å². The predicted molar refractivity (Wildman–Crippen MR) is 93.1 cm³/mol. The number of H-pyrrole nitrogens is 1. The van der Waals surface area contributed by atoms with Crippen molar-refractivity contribution in [3.63, 3.8) is 0 Å². The number of carbonyl (C=O) groups is 2. The van der Waals surface area contributed by atoms with E-state index < -0.39 is 11.9 Å². The molecule has 1 fully saturated rings. The number of nitrogens with one attached hydrogen (secondary N) is 1. The average molecular weight is 362 g/mol. The van der Waals surface area contributed by atoms with E-state index >= 15 is 0 Å². The average Bonchev–Trinajstić information content (AvgIpc) is 2.94. The first-order valence-electron chi connectivity index (χ1n) is 9.05. The fourth-order valence-electron chi connectivity index (χ4n) is 5.01. The molecule has 4 atom stereocenters. The van der Waals surface area contributed by atoms with Crippen molar-refractivity contribution in [2.24, 2.45) is 17.8 Å². The topological polar surface area (TPSA) is 76.2 Å². The van der Waals surface area contributed by atoms with E-state index in [0.717, 1.165) is 29.4 Å². The van der Waals surface area contributed by atoms with Gasteiger partial charge in [0.2, 0.25) is 0 Å². The van der Waals surface area contributed by atoms with Crippen LogP contribution in [0.4, 0.5) is 0 Å². The molecule has 1 aromatic heterocycles. The van der Waals surface area contributed by atoms with Crippen molar-refractivity contribution in [1.82, 2.24) is 9.88 Å². The molecule has 2 aliphatic rings. The molecule has 2 aromatic rings. The van der Waals surface area contributed by atoms with E-state index in [1.54, 1.807) is 0 Å². The number of carboxylic acid groups (broad SMARTS) is 1. The van der Waals surface area contributed by atoms with Gasteiger partial charge in [-0.1, -0.05) is 31.5 Å². The van der Waals surface area contributed by atoms with Gasteiger partial charge in [0.25, 0.3) is 0 Å². The summed E-state index contributed by atoms with van der Waals surface area (Å²) in [5.74, 6) is -1.53. The number of fused-ring (bicyclic) bond motifs is 5. The fraction of sp³-hybridized carbons (Fsp3) is 0.500. The number of nitrogens with zero attached hydrogens (tertiary/aromatic N) is 1. The van der Waals surface area contributed by atoms with Crippen LogP contribution in [0.25, 0.3) is 10.9 Å². The molecule has 1 aromatic carbocycles. The van der Waals surface area contributed by atoms with Crippen molar-refractivity contribution in [1.29, 1.82) is 0 Å². The van der Waals surface area contributed by atoms with E-state index in [1.165, 1.54) is 0 Å². The van der Waals surface area contributed by atoms with Gasteiger partial charge in [0.15, 0.2) is 5.78 Å². The Morgan fingerprint density at radius 2 is 2.04 bits per heavy atom. The summed E-state index contributed by atoms with van der Waals surface area (Å²) in [7, 11) is 2.00. The molecule has 0 unspecified atom stereocenters. The Kier molecular flexibility index (Phi) is 5.63. The second-order valence-corrected chi connectivity index (χ2v) is 7.54. The van der Waals surface area contributed by atoms with Gasteiger partial charge in [-0.3, -0.25) is 4.79 Å². The summed E-state index contributed by atoms with van der Waals surface area (Å²) in [6.45, 7) is 2.91. The largest absolute Gasteiger partial charge is 1.00 e. The van der Waals surface area contributed by atoms with E-state index in [9.17, 15) is 14.7 Å². The molecule has 1 saturated heterocycles. The number of ketones is 1. The van der Waals surface area contributed by atoms with Gasteiger partial charge in [0.1, 0.15) is 0 Å². The third kappa shape index (κ3) is 3.05. The molecule has 0 radical (unpaired) electrons. The first-order valence-corrected chi connectivity index (χ1v) is 9.05. The molecular weight excluding hydrogens is 339 g/mol. The molecule has 5 nitrogen and oxygen atoms in total. The number of carboxylic acids is 1. The van der Waals surface area contributed by atoms with Crippen molar-refractivity contribution in [2.45, 2.75) is 32.2 Å². The maximum atomic E-state index is 13.0. The van der Waals surface area contributed by atoms with Crippen LogP contribution in [0.5, 0.6) is 0 Å². The second-order valence-electron chi connectivity index (χ2n) is 7.54. The van der Waals surface area contributed by atoms with Crippen LogP contribution in [0.1, 0.15) is 35.8 Å². The molecular formula is C20H23N2NaO3. The maximum Gasteiger partial charge on any atom is 1.00 e. The molecule has 1 aliphatic heterocycles. The molecule has 1 aliphatic carbocycles. The Balaban J connectivity index is 0.00000196. The first kappa shape index (κ1) is 19.6. The molecule has 26 heavy (non-hydrogen) atoms. The second kappa shape index (κ2) is 7.47. The molecule has 6 heteroatoms. The zero-order valence-electron chi connectivity index (χ0n) is 15.6. The van der Waals surface area contributed by atoms with E-state index in [0.29, 0.717) is 12.1 Å². The van der Waals surface area contributed by atoms with Crippen molar-refractivity contribution in [2.75, 3.05) is 13.6 Å². The standard InChI is InChI=1S/C20H24N2O3.Na/c1-3-11-10-22(2)16-8-14-12-6-4-5-7-15(12)21-19(14)17(23)9-13(11)18(16)20(24)25;/h4-7,11,13,16,18,21H,3,8-10H2,1-2H3,(H,24,25);/q;+1/p-1/t11-,13-,16-,18-;/m0./s1. The SMILES string of the molecule is CC[C@H]1CN(C)[C@H]2Cc3c([nH]c4ccccc34)C(=O)C[C@@H]1[C@@H]2C(=O)[O-].[Na+]. The van der Waals surface area contributed by atoms with Crippen molar-refractivity contribution in [3.05, 3.63) is 35.5 Å². The normalized spacial score (nSPS) is 28.8. The summed E-state index contributed by atoms with van der Waals surface area (Å²) >= 11 is 0. The van der Waals surface area contributed by atoms with Crippen LogP contribution in [0.2, 0.25) is 0 Å². The minimum absolute atomic E-state index is 0. The summed E-state index contributed by atoms with van der Waals surface area (Å²) in [6, 6.07) is 7.73. The maximum absolute atomic E-state index is 13.0. The summed E-state index contributed by atoms with van der Waals surface area (Å²) in [5.41, 5.74) is 2.56. The van der Waals surface area contributed by atoms with Crippen LogP contribution >= 0.6 is 0 Å². The van der Waals surface area contributed by atoms with Gasteiger partial charge in [-0.05, 0) is 36.9 Å². The Morgan fingerprint density at radius 1 is 1.31 bits per heavy atom. The molecule has 1 N–H and O–H groups in total. The zero-order chi connectivity index (χ0) is 17.7.